The van der Waals surface area contributed by atoms with Crippen LogP contribution in [0.4, 0.5) is 13.2 Å². The van der Waals surface area contributed by atoms with Crippen LogP contribution in [-0.2, 0) is 6.18 Å². The number of aliphatic hydroxyl groups excluding tert-OH is 1. The number of benzene rings is 1. The molecule has 0 saturated heterocycles. The number of alkyl halides is 3. The zero-order valence-electron chi connectivity index (χ0n) is 13.6. The molecule has 6 heteroatoms. The number of halogens is 3. The molecule has 0 bridgehead atoms. The summed E-state index contributed by atoms with van der Waals surface area (Å²) >= 11 is 0. The minimum absolute atomic E-state index is 0.0425. The maximum atomic E-state index is 12.8. The van der Waals surface area contributed by atoms with Gasteiger partial charge in [0.05, 0.1) is 11.7 Å². The van der Waals surface area contributed by atoms with Crippen LogP contribution >= 0.6 is 0 Å². The van der Waals surface area contributed by atoms with Gasteiger partial charge in [-0.1, -0.05) is 32.0 Å². The van der Waals surface area contributed by atoms with E-state index in [0.29, 0.717) is 0 Å². The summed E-state index contributed by atoms with van der Waals surface area (Å²) in [6.45, 7) is 4.21. The molecular weight excluding hydrogens is 317 g/mol. The van der Waals surface area contributed by atoms with Crippen molar-refractivity contribution in [3.63, 3.8) is 0 Å². The molecule has 2 N–H and O–H groups in total. The van der Waals surface area contributed by atoms with Crippen LogP contribution in [0.2, 0.25) is 0 Å². The summed E-state index contributed by atoms with van der Waals surface area (Å²) in [5.74, 6) is 0.239. The van der Waals surface area contributed by atoms with Gasteiger partial charge in [-0.15, -0.1) is 0 Å². The molecule has 24 heavy (non-hydrogen) atoms. The van der Waals surface area contributed by atoms with Gasteiger partial charge in [0.2, 0.25) is 0 Å². The first-order chi connectivity index (χ1) is 11.3. The molecule has 1 aromatic heterocycles. The van der Waals surface area contributed by atoms with Crippen molar-refractivity contribution in [3.8, 4) is 0 Å². The fourth-order valence-corrected chi connectivity index (χ4v) is 2.58. The molecule has 1 aromatic carbocycles. The smallest absolute Gasteiger partial charge is 0.387 e. The lowest BCUT2D eigenvalue weighted by atomic mass is 9.97. The summed E-state index contributed by atoms with van der Waals surface area (Å²) in [4.78, 5) is 4.08. The third-order valence-corrected chi connectivity index (χ3v) is 3.84. The maximum absolute atomic E-state index is 12.8. The Kier molecular flexibility index (Phi) is 5.96. The maximum Gasteiger partial charge on any atom is 0.416 e. The highest BCUT2D eigenvalue weighted by Crippen LogP contribution is 2.31. The standard InChI is InChI=1S/C18H21F3N2O/c1-12(2)17(14-6-4-8-22-10-14)23-11-16(24)13-5-3-7-15(9-13)18(19,20)21/h3-10,12,16-17,23-24H,11H2,1-2H3. The summed E-state index contributed by atoms with van der Waals surface area (Å²) in [5.41, 5.74) is 0.460. The Morgan fingerprint density at radius 2 is 1.83 bits per heavy atom. The molecule has 0 aliphatic heterocycles. The van der Waals surface area contributed by atoms with Crippen LogP contribution in [-0.4, -0.2) is 16.6 Å². The monoisotopic (exact) mass is 338 g/mol. The largest absolute Gasteiger partial charge is 0.416 e. The van der Waals surface area contributed by atoms with Gasteiger partial charge in [-0.3, -0.25) is 4.98 Å². The van der Waals surface area contributed by atoms with E-state index in [2.05, 4.69) is 10.3 Å². The van der Waals surface area contributed by atoms with E-state index in [1.54, 1.807) is 12.4 Å². The van der Waals surface area contributed by atoms with Crippen molar-refractivity contribution in [2.24, 2.45) is 5.92 Å². The van der Waals surface area contributed by atoms with Crippen molar-refractivity contribution in [3.05, 3.63) is 65.5 Å². The molecule has 0 fully saturated rings. The molecule has 0 amide bonds. The average molecular weight is 338 g/mol. The van der Waals surface area contributed by atoms with Crippen molar-refractivity contribution >= 4 is 0 Å². The van der Waals surface area contributed by atoms with E-state index in [-0.39, 0.29) is 24.1 Å². The van der Waals surface area contributed by atoms with Crippen molar-refractivity contribution in [2.45, 2.75) is 32.2 Å². The van der Waals surface area contributed by atoms with Crippen molar-refractivity contribution < 1.29 is 18.3 Å². The topological polar surface area (TPSA) is 45.1 Å². The summed E-state index contributed by atoms with van der Waals surface area (Å²) in [7, 11) is 0. The Balaban J connectivity index is 2.08. The molecule has 0 aliphatic rings. The molecule has 0 aliphatic carbocycles. The second kappa shape index (κ2) is 7.77. The van der Waals surface area contributed by atoms with Crippen LogP contribution < -0.4 is 5.32 Å². The first-order valence-corrected chi connectivity index (χ1v) is 7.77. The lowest BCUT2D eigenvalue weighted by molar-refractivity contribution is -0.137. The molecular formula is C18H21F3N2O. The molecule has 0 spiro atoms. The SMILES string of the molecule is CC(C)C(NCC(O)c1cccc(C(F)(F)F)c1)c1cccnc1. The molecule has 0 saturated carbocycles. The van der Waals surface area contributed by atoms with Gasteiger partial charge < -0.3 is 10.4 Å². The summed E-state index contributed by atoms with van der Waals surface area (Å²) < 4.78 is 38.3. The number of nitrogens with one attached hydrogen (secondary N) is 1. The zero-order chi connectivity index (χ0) is 17.7. The Morgan fingerprint density at radius 3 is 2.42 bits per heavy atom. The molecule has 2 aromatic rings. The first-order valence-electron chi connectivity index (χ1n) is 7.77. The van der Waals surface area contributed by atoms with Crippen LogP contribution in [0.5, 0.6) is 0 Å². The van der Waals surface area contributed by atoms with Crippen molar-refractivity contribution in [1.82, 2.24) is 10.3 Å². The average Bonchev–Trinajstić information content (AvgIpc) is 2.55. The Hall–Kier alpha value is -1.92. The van der Waals surface area contributed by atoms with E-state index in [4.69, 9.17) is 0 Å². The van der Waals surface area contributed by atoms with Gasteiger partial charge in [0.25, 0.3) is 0 Å². The number of nitrogens with zero attached hydrogens (tertiary/aromatic N) is 1. The highest BCUT2D eigenvalue weighted by atomic mass is 19.4. The molecule has 1 heterocycles. The van der Waals surface area contributed by atoms with Gasteiger partial charge >= 0.3 is 6.18 Å². The van der Waals surface area contributed by atoms with Crippen LogP contribution in [0, 0.1) is 5.92 Å². The van der Waals surface area contributed by atoms with E-state index in [9.17, 15) is 18.3 Å². The second-order valence-corrected chi connectivity index (χ2v) is 6.06. The Labute approximate surface area is 139 Å². The molecule has 2 atom stereocenters. The van der Waals surface area contributed by atoms with Gasteiger partial charge in [-0.05, 0) is 35.2 Å². The lowest BCUT2D eigenvalue weighted by Crippen LogP contribution is -2.30. The zero-order valence-corrected chi connectivity index (χ0v) is 13.6. The van der Waals surface area contributed by atoms with Gasteiger partial charge in [0.15, 0.2) is 0 Å². The predicted octanol–water partition coefficient (Wildman–Crippen LogP) is 4.12. The lowest BCUT2D eigenvalue weighted by Gasteiger charge is -2.24. The van der Waals surface area contributed by atoms with Gasteiger partial charge in [0, 0.05) is 25.0 Å². The van der Waals surface area contributed by atoms with Gasteiger partial charge in [-0.2, -0.15) is 13.2 Å². The summed E-state index contributed by atoms with van der Waals surface area (Å²) in [6.07, 6.45) is -2.02. The first kappa shape index (κ1) is 18.4. The minimum atomic E-state index is -4.42. The molecule has 2 unspecified atom stereocenters. The number of pyridine rings is 1. The number of rotatable bonds is 6. The number of aliphatic hydroxyl groups is 1. The highest BCUT2D eigenvalue weighted by Gasteiger charge is 2.31. The second-order valence-electron chi connectivity index (χ2n) is 6.06. The Bertz CT molecular complexity index is 644. The van der Waals surface area contributed by atoms with E-state index < -0.39 is 17.8 Å². The molecule has 2 rings (SSSR count). The highest BCUT2D eigenvalue weighted by molar-refractivity contribution is 5.27. The van der Waals surface area contributed by atoms with Crippen LogP contribution in [0.1, 0.15) is 42.7 Å². The molecule has 0 radical (unpaired) electrons. The van der Waals surface area contributed by atoms with Gasteiger partial charge in [0.1, 0.15) is 0 Å². The van der Waals surface area contributed by atoms with Crippen molar-refractivity contribution in [1.29, 1.82) is 0 Å². The molecule has 130 valence electrons. The van der Waals surface area contributed by atoms with E-state index in [0.717, 1.165) is 17.7 Å². The molecule has 3 nitrogen and oxygen atoms in total. The fraction of sp³-hybridized carbons (Fsp3) is 0.389. The summed E-state index contributed by atoms with van der Waals surface area (Å²) in [6, 6.07) is 8.51. The van der Waals surface area contributed by atoms with E-state index >= 15 is 0 Å². The predicted molar refractivity (Wildman–Crippen MR) is 86.2 cm³/mol. The number of aromatic nitrogens is 1. The van der Waals surface area contributed by atoms with Gasteiger partial charge in [-0.25, -0.2) is 0 Å². The minimum Gasteiger partial charge on any atom is -0.387 e. The van der Waals surface area contributed by atoms with Crippen LogP contribution in [0.15, 0.2) is 48.8 Å². The number of hydrogen-bond acceptors (Lipinski definition) is 3. The Morgan fingerprint density at radius 1 is 1.12 bits per heavy atom. The fourth-order valence-electron chi connectivity index (χ4n) is 2.58. The van der Waals surface area contributed by atoms with Crippen LogP contribution in [0.25, 0.3) is 0 Å². The third-order valence-electron chi connectivity index (χ3n) is 3.84. The third kappa shape index (κ3) is 4.79. The number of hydrogen-bond donors (Lipinski definition) is 2. The quantitative estimate of drug-likeness (QED) is 0.833. The van der Waals surface area contributed by atoms with Crippen LogP contribution in [0.3, 0.4) is 0 Å². The van der Waals surface area contributed by atoms with E-state index in [1.807, 2.05) is 26.0 Å². The van der Waals surface area contributed by atoms with E-state index in [1.165, 1.54) is 12.1 Å². The normalized spacial score (nSPS) is 14.6. The van der Waals surface area contributed by atoms with Crippen molar-refractivity contribution in [2.75, 3.05) is 6.54 Å². The summed E-state index contributed by atoms with van der Waals surface area (Å²) in [5, 5.41) is 13.5.